The fourth-order valence-electron chi connectivity index (χ4n) is 1.16. The Morgan fingerprint density at radius 1 is 1.18 bits per heavy atom. The van der Waals surface area contributed by atoms with Crippen LogP contribution in [0.5, 0.6) is 0 Å². The third kappa shape index (κ3) is 1.88. The Hall–Kier alpha value is -0.200. The van der Waals surface area contributed by atoms with Gasteiger partial charge in [-0.15, -0.1) is 0 Å². The van der Waals surface area contributed by atoms with Crippen molar-refractivity contribution < 1.29 is 20.4 Å². The highest BCUT2D eigenvalue weighted by atomic mass is 16.3. The predicted molar refractivity (Wildman–Crippen MR) is 36.6 cm³/mol. The van der Waals surface area contributed by atoms with Gasteiger partial charge in [0.25, 0.3) is 0 Å². The summed E-state index contributed by atoms with van der Waals surface area (Å²) in [4.78, 5) is 0. The lowest BCUT2D eigenvalue weighted by atomic mass is 9.99. The van der Waals surface area contributed by atoms with E-state index in [2.05, 4.69) is 5.32 Å². The molecule has 0 aromatic rings. The molecule has 1 unspecified atom stereocenters. The smallest absolute Gasteiger partial charge is 0.131 e. The molecule has 11 heavy (non-hydrogen) atoms. The maximum Gasteiger partial charge on any atom is 0.131 e. The van der Waals surface area contributed by atoms with Gasteiger partial charge in [0.1, 0.15) is 6.23 Å². The summed E-state index contributed by atoms with van der Waals surface area (Å²) in [6.45, 7) is -0.245. The Kier molecular flexibility index (Phi) is 2.80. The quantitative estimate of drug-likeness (QED) is 0.292. The molecule has 1 fully saturated rings. The molecule has 0 spiro atoms. The molecule has 1 saturated heterocycles. The van der Waals surface area contributed by atoms with E-state index < -0.39 is 24.5 Å². The molecule has 0 amide bonds. The summed E-state index contributed by atoms with van der Waals surface area (Å²) in [5.74, 6) is 0. The van der Waals surface area contributed by atoms with Crippen molar-refractivity contribution >= 4 is 0 Å². The maximum absolute atomic E-state index is 9.16. The largest absolute Gasteiger partial charge is 0.395 e. The van der Waals surface area contributed by atoms with Crippen LogP contribution in [0, 0.1) is 0 Å². The zero-order valence-electron chi connectivity index (χ0n) is 6.01. The first-order chi connectivity index (χ1) is 5.15. The van der Waals surface area contributed by atoms with E-state index >= 15 is 0 Å². The van der Waals surface area contributed by atoms with Crippen LogP contribution in [0.2, 0.25) is 0 Å². The van der Waals surface area contributed by atoms with Crippen molar-refractivity contribution in [3.8, 4) is 0 Å². The fourth-order valence-corrected chi connectivity index (χ4v) is 1.16. The molecule has 5 heteroatoms. The highest BCUT2D eigenvalue weighted by Crippen LogP contribution is 2.12. The molecule has 5 nitrogen and oxygen atoms in total. The number of aliphatic hydroxyl groups is 4. The Morgan fingerprint density at radius 3 is 2.36 bits per heavy atom. The van der Waals surface area contributed by atoms with Gasteiger partial charge in [0.2, 0.25) is 0 Å². The van der Waals surface area contributed by atoms with E-state index in [1.807, 2.05) is 0 Å². The van der Waals surface area contributed by atoms with Crippen LogP contribution in [-0.2, 0) is 0 Å². The van der Waals surface area contributed by atoms with Gasteiger partial charge in [0.05, 0.1) is 24.9 Å². The van der Waals surface area contributed by atoms with Crippen molar-refractivity contribution in [2.45, 2.75) is 30.9 Å². The summed E-state index contributed by atoms with van der Waals surface area (Å²) in [7, 11) is 0. The topological polar surface area (TPSA) is 93.0 Å². The summed E-state index contributed by atoms with van der Waals surface area (Å²) in [6, 6.07) is -0.534. The zero-order valence-corrected chi connectivity index (χ0v) is 6.01. The first kappa shape index (κ1) is 8.89. The molecule has 0 aromatic heterocycles. The van der Waals surface area contributed by atoms with Crippen LogP contribution in [0.3, 0.4) is 0 Å². The molecule has 1 rings (SSSR count). The van der Waals surface area contributed by atoms with Gasteiger partial charge in [-0.05, 0) is 0 Å². The molecule has 0 saturated carbocycles. The molecule has 1 heterocycles. The number of piperidine rings is 1. The summed E-state index contributed by atoms with van der Waals surface area (Å²) in [5, 5.41) is 38.3. The Bertz CT molecular complexity index is 132. The molecule has 1 aliphatic heterocycles. The minimum atomic E-state index is -1.05. The number of hydrogen-bond donors (Lipinski definition) is 5. The monoisotopic (exact) mass is 163 g/mol. The third-order valence-corrected chi connectivity index (χ3v) is 1.89. The van der Waals surface area contributed by atoms with Crippen molar-refractivity contribution in [3.05, 3.63) is 0 Å². The van der Waals surface area contributed by atoms with Crippen LogP contribution in [0.25, 0.3) is 0 Å². The molecule has 0 aromatic carbocycles. The van der Waals surface area contributed by atoms with Gasteiger partial charge in [-0.1, -0.05) is 0 Å². The van der Waals surface area contributed by atoms with Crippen molar-refractivity contribution in [1.29, 1.82) is 0 Å². The molecular weight excluding hydrogens is 150 g/mol. The van der Waals surface area contributed by atoms with Crippen LogP contribution in [0.15, 0.2) is 0 Å². The molecule has 4 atom stereocenters. The number of nitrogens with one attached hydrogen (secondary N) is 1. The van der Waals surface area contributed by atoms with Crippen LogP contribution >= 0.6 is 0 Å². The first-order valence-electron chi connectivity index (χ1n) is 3.56. The number of rotatable bonds is 1. The molecule has 0 bridgehead atoms. The van der Waals surface area contributed by atoms with Crippen LogP contribution in [0.4, 0.5) is 0 Å². The summed E-state index contributed by atoms with van der Waals surface area (Å²) in [5.41, 5.74) is 0. The third-order valence-electron chi connectivity index (χ3n) is 1.89. The van der Waals surface area contributed by atoms with Gasteiger partial charge in [-0.3, -0.25) is 5.32 Å². The van der Waals surface area contributed by atoms with E-state index in [9.17, 15) is 0 Å². The van der Waals surface area contributed by atoms with Gasteiger partial charge >= 0.3 is 0 Å². The van der Waals surface area contributed by atoms with Gasteiger partial charge in [0, 0.05) is 6.42 Å². The number of aliphatic hydroxyl groups excluding tert-OH is 4. The summed E-state index contributed by atoms with van der Waals surface area (Å²) < 4.78 is 0. The first-order valence-corrected chi connectivity index (χ1v) is 3.56. The average Bonchev–Trinajstić information content (AvgIpc) is 1.97. The lowest BCUT2D eigenvalue weighted by Gasteiger charge is -2.34. The summed E-state index contributed by atoms with van der Waals surface area (Å²) in [6.07, 6.45) is -2.69. The average molecular weight is 163 g/mol. The van der Waals surface area contributed by atoms with Gasteiger partial charge in [-0.2, -0.15) is 0 Å². The lowest BCUT2D eigenvalue weighted by Crippen LogP contribution is -2.58. The second-order valence-corrected chi connectivity index (χ2v) is 2.77. The van der Waals surface area contributed by atoms with Crippen molar-refractivity contribution in [1.82, 2.24) is 5.32 Å². The van der Waals surface area contributed by atoms with E-state index in [1.165, 1.54) is 0 Å². The molecule has 0 radical (unpaired) electrons. The highest BCUT2D eigenvalue weighted by Gasteiger charge is 2.32. The maximum atomic E-state index is 9.16. The van der Waals surface area contributed by atoms with Gasteiger partial charge in [-0.25, -0.2) is 0 Å². The van der Waals surface area contributed by atoms with E-state index in [-0.39, 0.29) is 13.0 Å². The highest BCUT2D eigenvalue weighted by molar-refractivity contribution is 4.86. The van der Waals surface area contributed by atoms with E-state index in [4.69, 9.17) is 20.4 Å². The van der Waals surface area contributed by atoms with Crippen LogP contribution < -0.4 is 5.32 Å². The van der Waals surface area contributed by atoms with Crippen molar-refractivity contribution in [3.63, 3.8) is 0 Å². The molecule has 1 aliphatic rings. The standard InChI is InChI=1S/C6H13NO4/c8-2-3-4(9)1-5(10)6(11)7-3/h3-11H,1-2H2/t3-,4+,5-,6?/m1/s1. The van der Waals surface area contributed by atoms with Gasteiger partial charge in [0.15, 0.2) is 0 Å². The van der Waals surface area contributed by atoms with Crippen LogP contribution in [-0.4, -0.2) is 51.5 Å². The van der Waals surface area contributed by atoms with E-state index in [1.54, 1.807) is 0 Å². The fraction of sp³-hybridized carbons (Fsp3) is 1.00. The Labute approximate surface area is 64.3 Å². The van der Waals surface area contributed by atoms with Crippen molar-refractivity contribution in [2.24, 2.45) is 0 Å². The number of hydrogen-bond acceptors (Lipinski definition) is 5. The van der Waals surface area contributed by atoms with E-state index in [0.29, 0.717) is 0 Å². The lowest BCUT2D eigenvalue weighted by molar-refractivity contribution is -0.0873. The van der Waals surface area contributed by atoms with Crippen LogP contribution in [0.1, 0.15) is 6.42 Å². The SMILES string of the molecule is OC[C@H]1NC(O)[C@H](O)C[C@@H]1O. The molecule has 66 valence electrons. The summed E-state index contributed by atoms with van der Waals surface area (Å²) >= 11 is 0. The van der Waals surface area contributed by atoms with E-state index in [0.717, 1.165) is 0 Å². The molecule has 0 aliphatic carbocycles. The van der Waals surface area contributed by atoms with Gasteiger partial charge < -0.3 is 20.4 Å². The second kappa shape index (κ2) is 3.46. The van der Waals surface area contributed by atoms with Crippen molar-refractivity contribution in [2.75, 3.05) is 6.61 Å². The predicted octanol–water partition coefficient (Wildman–Crippen LogP) is -2.62. The second-order valence-electron chi connectivity index (χ2n) is 2.77. The molecular formula is C6H13NO4. The normalized spacial score (nSPS) is 45.8. The minimum Gasteiger partial charge on any atom is -0.395 e. The minimum absolute atomic E-state index is 0.0966. The zero-order chi connectivity index (χ0) is 8.43. The Balaban J connectivity index is 2.48. The molecule has 5 N–H and O–H groups in total. The Morgan fingerprint density at radius 2 is 1.82 bits per heavy atom.